The lowest BCUT2D eigenvalue weighted by Gasteiger charge is -2.20. The molecule has 9 heteroatoms. The van der Waals surface area contributed by atoms with E-state index in [1.807, 2.05) is 22.9 Å². The van der Waals surface area contributed by atoms with Gasteiger partial charge in [-0.15, -0.1) is 0 Å². The molecule has 0 aliphatic rings. The van der Waals surface area contributed by atoms with Crippen LogP contribution in [0.1, 0.15) is 17.2 Å². The molecule has 2 aromatic heterocycles. The van der Waals surface area contributed by atoms with Crippen LogP contribution in [0, 0.1) is 5.82 Å². The van der Waals surface area contributed by atoms with E-state index in [0.717, 1.165) is 11.1 Å². The van der Waals surface area contributed by atoms with Crippen molar-refractivity contribution < 1.29 is 13.9 Å². The van der Waals surface area contributed by atoms with Crippen molar-refractivity contribution in [2.45, 2.75) is 6.04 Å². The van der Waals surface area contributed by atoms with Gasteiger partial charge in [0.05, 0.1) is 30.9 Å². The maximum atomic E-state index is 14.6. The van der Waals surface area contributed by atoms with Crippen molar-refractivity contribution in [1.29, 1.82) is 0 Å². The van der Waals surface area contributed by atoms with E-state index >= 15 is 0 Å². The van der Waals surface area contributed by atoms with Gasteiger partial charge in [0.15, 0.2) is 0 Å². The van der Waals surface area contributed by atoms with Gasteiger partial charge in [-0.3, -0.25) is 4.98 Å². The van der Waals surface area contributed by atoms with Crippen LogP contribution in [0.4, 0.5) is 20.6 Å². The first-order valence-electron chi connectivity index (χ1n) is 9.63. The van der Waals surface area contributed by atoms with Crippen LogP contribution in [-0.4, -0.2) is 27.7 Å². The number of methoxy groups -OCH3 is 1. The Morgan fingerprint density at radius 1 is 1.00 bits per heavy atom. The Hall–Kier alpha value is -3.91. The van der Waals surface area contributed by atoms with Gasteiger partial charge in [0.25, 0.3) is 0 Å². The molecule has 7 nitrogen and oxygen atoms in total. The number of carbonyl (C=O) groups excluding carboxylic acids is 1. The number of rotatable bonds is 6. The Balaban J connectivity index is 1.62. The number of ether oxygens (including phenoxy) is 1. The maximum Gasteiger partial charge on any atom is 0.323 e. The van der Waals surface area contributed by atoms with Crippen LogP contribution in [0.25, 0.3) is 0 Å². The molecule has 0 fully saturated rings. The van der Waals surface area contributed by atoms with E-state index in [2.05, 4.69) is 20.6 Å². The number of anilines is 2. The quantitative estimate of drug-likeness (QED) is 0.413. The number of halogens is 2. The van der Waals surface area contributed by atoms with E-state index in [-0.39, 0.29) is 11.7 Å². The van der Waals surface area contributed by atoms with Crippen molar-refractivity contribution in [2.75, 3.05) is 17.7 Å². The first kappa shape index (κ1) is 21.3. The first-order chi connectivity index (χ1) is 15.5. The van der Waals surface area contributed by atoms with Crippen molar-refractivity contribution >= 4 is 29.0 Å². The molecule has 1 atom stereocenters. The molecular weight excluding hydrogens is 433 g/mol. The number of urea groups is 1. The van der Waals surface area contributed by atoms with Gasteiger partial charge in [-0.25, -0.2) is 14.2 Å². The van der Waals surface area contributed by atoms with Crippen LogP contribution in [0.5, 0.6) is 5.75 Å². The number of nitrogens with one attached hydrogen (secondary N) is 2. The summed E-state index contributed by atoms with van der Waals surface area (Å²) in [4.78, 5) is 20.8. The molecule has 2 amide bonds. The third-order valence-corrected chi connectivity index (χ3v) is 5.04. The SMILES string of the molecule is COc1ccc(Cl)cc1NC(=O)Nc1cc(C(c2ccncc2)n2ccnc2)ccc1F. The molecule has 0 spiro atoms. The molecule has 0 aliphatic heterocycles. The number of imidazole rings is 1. The van der Waals surface area contributed by atoms with Gasteiger partial charge >= 0.3 is 6.03 Å². The van der Waals surface area contributed by atoms with Crippen LogP contribution in [0.15, 0.2) is 79.6 Å². The Bertz CT molecular complexity index is 1220. The zero-order valence-corrected chi connectivity index (χ0v) is 17.8. The van der Waals surface area contributed by atoms with E-state index in [9.17, 15) is 9.18 Å². The van der Waals surface area contributed by atoms with E-state index in [1.165, 1.54) is 13.2 Å². The fraction of sp³-hybridized carbons (Fsp3) is 0.0870. The molecule has 4 rings (SSSR count). The molecule has 2 aromatic carbocycles. The highest BCUT2D eigenvalue weighted by molar-refractivity contribution is 6.31. The van der Waals surface area contributed by atoms with Gasteiger partial charge in [-0.05, 0) is 53.6 Å². The lowest BCUT2D eigenvalue weighted by atomic mass is 9.98. The molecule has 1 unspecified atom stereocenters. The smallest absolute Gasteiger partial charge is 0.323 e. The summed E-state index contributed by atoms with van der Waals surface area (Å²) in [7, 11) is 1.48. The summed E-state index contributed by atoms with van der Waals surface area (Å²) in [5, 5.41) is 5.62. The molecule has 0 bridgehead atoms. The van der Waals surface area contributed by atoms with Gasteiger partial charge in [0.2, 0.25) is 0 Å². The van der Waals surface area contributed by atoms with Gasteiger partial charge in [-0.2, -0.15) is 0 Å². The van der Waals surface area contributed by atoms with Crippen molar-refractivity contribution in [3.63, 3.8) is 0 Å². The maximum absolute atomic E-state index is 14.6. The average Bonchev–Trinajstić information content (AvgIpc) is 3.31. The van der Waals surface area contributed by atoms with E-state index in [0.29, 0.717) is 16.5 Å². The molecule has 162 valence electrons. The highest BCUT2D eigenvalue weighted by atomic mass is 35.5. The number of carbonyl (C=O) groups is 1. The highest BCUT2D eigenvalue weighted by Crippen LogP contribution is 2.30. The lowest BCUT2D eigenvalue weighted by molar-refractivity contribution is 0.262. The minimum Gasteiger partial charge on any atom is -0.495 e. The summed E-state index contributed by atoms with van der Waals surface area (Å²) < 4.78 is 21.7. The normalized spacial score (nSPS) is 11.6. The summed E-state index contributed by atoms with van der Waals surface area (Å²) in [6.07, 6.45) is 8.55. The Labute approximate surface area is 188 Å². The van der Waals surface area contributed by atoms with Gasteiger partial charge in [-0.1, -0.05) is 17.7 Å². The number of hydrogen-bond donors (Lipinski definition) is 2. The number of pyridine rings is 1. The highest BCUT2D eigenvalue weighted by Gasteiger charge is 2.19. The topological polar surface area (TPSA) is 81.1 Å². The molecule has 0 saturated heterocycles. The molecule has 2 heterocycles. The second kappa shape index (κ2) is 9.49. The standard InChI is InChI=1S/C23H19ClFN5O2/c1-32-21-5-3-17(24)13-20(21)29-23(31)28-19-12-16(2-4-18(19)25)22(30-11-10-27-14-30)15-6-8-26-9-7-15/h2-14,22H,1H3,(H2,28,29,31). The molecule has 32 heavy (non-hydrogen) atoms. The molecule has 0 radical (unpaired) electrons. The van der Waals surface area contributed by atoms with Crippen molar-refractivity contribution in [1.82, 2.24) is 14.5 Å². The Morgan fingerprint density at radius 2 is 1.78 bits per heavy atom. The minimum atomic E-state index is -0.635. The number of benzene rings is 2. The van der Waals surface area contributed by atoms with Crippen LogP contribution in [0.3, 0.4) is 0 Å². The summed E-state index contributed by atoms with van der Waals surface area (Å²) in [6.45, 7) is 0. The van der Waals surface area contributed by atoms with Crippen molar-refractivity contribution in [3.05, 3.63) is 102 Å². The summed E-state index contributed by atoms with van der Waals surface area (Å²) in [5.74, 6) is -0.141. The Kier molecular flexibility index (Phi) is 6.32. The van der Waals surface area contributed by atoms with E-state index in [1.54, 1.807) is 55.2 Å². The van der Waals surface area contributed by atoms with Gasteiger partial charge in [0, 0.05) is 29.8 Å². The molecule has 4 aromatic rings. The van der Waals surface area contributed by atoms with Crippen LogP contribution < -0.4 is 15.4 Å². The molecule has 2 N–H and O–H groups in total. The third kappa shape index (κ3) is 4.70. The third-order valence-electron chi connectivity index (χ3n) is 4.81. The predicted molar refractivity (Wildman–Crippen MR) is 121 cm³/mol. The summed E-state index contributed by atoms with van der Waals surface area (Å²) >= 11 is 6.01. The first-order valence-corrected chi connectivity index (χ1v) is 10.0. The van der Waals surface area contributed by atoms with Crippen LogP contribution in [0.2, 0.25) is 5.02 Å². The zero-order valence-electron chi connectivity index (χ0n) is 17.0. The van der Waals surface area contributed by atoms with Crippen LogP contribution in [-0.2, 0) is 0 Å². The summed E-state index contributed by atoms with van der Waals surface area (Å²) in [5.41, 5.74) is 2.08. The Morgan fingerprint density at radius 3 is 2.50 bits per heavy atom. The predicted octanol–water partition coefficient (Wildman–Crippen LogP) is 5.36. The molecular formula is C23H19ClFN5O2. The van der Waals surface area contributed by atoms with Crippen LogP contribution >= 0.6 is 11.6 Å². The number of aromatic nitrogens is 3. The van der Waals surface area contributed by atoms with Crippen molar-refractivity contribution in [2.24, 2.45) is 0 Å². The molecule has 0 saturated carbocycles. The second-order valence-corrected chi connectivity index (χ2v) is 7.29. The van der Waals surface area contributed by atoms with Gasteiger partial charge < -0.3 is 19.9 Å². The second-order valence-electron chi connectivity index (χ2n) is 6.86. The number of nitrogens with zero attached hydrogens (tertiary/aromatic N) is 3. The fourth-order valence-electron chi connectivity index (χ4n) is 3.37. The molecule has 0 aliphatic carbocycles. The number of amides is 2. The monoisotopic (exact) mass is 451 g/mol. The number of hydrogen-bond acceptors (Lipinski definition) is 4. The van der Waals surface area contributed by atoms with E-state index in [4.69, 9.17) is 16.3 Å². The minimum absolute atomic E-state index is 0.0279. The zero-order chi connectivity index (χ0) is 22.5. The van der Waals surface area contributed by atoms with Crippen molar-refractivity contribution in [3.8, 4) is 5.75 Å². The lowest BCUT2D eigenvalue weighted by Crippen LogP contribution is -2.21. The van der Waals surface area contributed by atoms with E-state index < -0.39 is 11.8 Å². The van der Waals surface area contributed by atoms with Gasteiger partial charge in [0.1, 0.15) is 11.6 Å². The average molecular weight is 452 g/mol. The largest absolute Gasteiger partial charge is 0.495 e. The summed E-state index contributed by atoms with van der Waals surface area (Å²) in [6, 6.07) is 12.2. The fourth-order valence-corrected chi connectivity index (χ4v) is 3.54.